The lowest BCUT2D eigenvalue weighted by atomic mass is 10.1. The summed E-state index contributed by atoms with van der Waals surface area (Å²) in [7, 11) is 0. The number of aliphatic hydroxyl groups excluding tert-OH is 1. The predicted molar refractivity (Wildman–Crippen MR) is 97.8 cm³/mol. The summed E-state index contributed by atoms with van der Waals surface area (Å²) >= 11 is 0. The van der Waals surface area contributed by atoms with Crippen LogP contribution in [-0.2, 0) is 4.79 Å². The standard InChI is InChI=1S/C20H30F2O3/c1-2-3-12-15-18(23)16-13-10-8-6-4-5-7-9-11-14-17-20(21,22)19(24)25/h4-5,8-11,13,16,18,23H,2-3,6-7,12,14-15,17H2,1H3,(H,24,25). The highest BCUT2D eigenvalue weighted by Crippen LogP contribution is 2.20. The minimum absolute atomic E-state index is 0.0401. The molecular formula is C20H30F2O3. The maximum absolute atomic E-state index is 12.8. The lowest BCUT2D eigenvalue weighted by Crippen LogP contribution is -2.27. The molecule has 1 unspecified atom stereocenters. The zero-order valence-electron chi connectivity index (χ0n) is 14.9. The van der Waals surface area contributed by atoms with E-state index in [-0.39, 0.29) is 12.5 Å². The second kappa shape index (κ2) is 14.6. The highest BCUT2D eigenvalue weighted by atomic mass is 19.3. The molecule has 0 aliphatic rings. The summed E-state index contributed by atoms with van der Waals surface area (Å²) in [6.07, 6.45) is 19.1. The van der Waals surface area contributed by atoms with Crippen molar-refractivity contribution in [2.24, 2.45) is 0 Å². The van der Waals surface area contributed by atoms with Crippen LogP contribution in [0, 0.1) is 0 Å². The van der Waals surface area contributed by atoms with Crippen molar-refractivity contribution in [3.05, 3.63) is 48.6 Å². The highest BCUT2D eigenvalue weighted by Gasteiger charge is 2.37. The Bertz CT molecular complexity index is 466. The van der Waals surface area contributed by atoms with Crippen LogP contribution >= 0.6 is 0 Å². The van der Waals surface area contributed by atoms with Gasteiger partial charge in [-0.15, -0.1) is 0 Å². The summed E-state index contributed by atoms with van der Waals surface area (Å²) in [5, 5.41) is 17.9. The number of unbranched alkanes of at least 4 members (excludes halogenated alkanes) is 2. The molecule has 0 aromatic heterocycles. The molecule has 1 atom stereocenters. The first-order chi connectivity index (χ1) is 11.9. The molecule has 0 saturated heterocycles. The van der Waals surface area contributed by atoms with E-state index in [0.717, 1.165) is 32.1 Å². The molecular weight excluding hydrogens is 326 g/mol. The third-order valence-electron chi connectivity index (χ3n) is 3.50. The largest absolute Gasteiger partial charge is 0.477 e. The molecule has 0 saturated carbocycles. The van der Waals surface area contributed by atoms with Crippen LogP contribution in [0.3, 0.4) is 0 Å². The molecule has 0 spiro atoms. The van der Waals surface area contributed by atoms with E-state index < -0.39 is 18.3 Å². The molecule has 5 heteroatoms. The highest BCUT2D eigenvalue weighted by molar-refractivity contribution is 5.75. The zero-order chi connectivity index (χ0) is 19.0. The van der Waals surface area contributed by atoms with Gasteiger partial charge in [-0.25, -0.2) is 4.79 Å². The first-order valence-corrected chi connectivity index (χ1v) is 8.82. The minimum atomic E-state index is -3.65. The van der Waals surface area contributed by atoms with E-state index in [1.807, 2.05) is 30.4 Å². The number of carboxylic acid groups (broad SMARTS) is 1. The Labute approximate surface area is 149 Å². The Morgan fingerprint density at radius 2 is 1.68 bits per heavy atom. The van der Waals surface area contributed by atoms with Gasteiger partial charge in [0.1, 0.15) is 0 Å². The van der Waals surface area contributed by atoms with Crippen LogP contribution in [0.2, 0.25) is 0 Å². The van der Waals surface area contributed by atoms with Gasteiger partial charge in [0.15, 0.2) is 0 Å². The van der Waals surface area contributed by atoms with Crippen molar-refractivity contribution >= 4 is 5.97 Å². The van der Waals surface area contributed by atoms with Gasteiger partial charge in [0.25, 0.3) is 0 Å². The van der Waals surface area contributed by atoms with Crippen LogP contribution in [0.1, 0.15) is 58.3 Å². The van der Waals surface area contributed by atoms with Gasteiger partial charge in [0, 0.05) is 6.42 Å². The van der Waals surface area contributed by atoms with E-state index in [1.54, 1.807) is 18.2 Å². The molecule has 0 aromatic carbocycles. The van der Waals surface area contributed by atoms with E-state index in [2.05, 4.69) is 6.92 Å². The third kappa shape index (κ3) is 14.3. The second-order valence-corrected chi connectivity index (χ2v) is 5.84. The molecule has 0 fully saturated rings. The summed E-state index contributed by atoms with van der Waals surface area (Å²) in [6, 6.07) is 0. The molecule has 0 amide bonds. The van der Waals surface area contributed by atoms with Crippen molar-refractivity contribution < 1.29 is 23.8 Å². The van der Waals surface area contributed by atoms with Crippen molar-refractivity contribution in [3.8, 4) is 0 Å². The molecule has 0 rings (SSSR count). The van der Waals surface area contributed by atoms with E-state index in [0.29, 0.717) is 6.42 Å². The van der Waals surface area contributed by atoms with Crippen molar-refractivity contribution in [1.29, 1.82) is 0 Å². The molecule has 0 aromatic rings. The molecule has 25 heavy (non-hydrogen) atoms. The normalized spacial score (nSPS) is 14.4. The first kappa shape index (κ1) is 23.2. The Morgan fingerprint density at radius 1 is 1.04 bits per heavy atom. The van der Waals surface area contributed by atoms with Crippen LogP contribution < -0.4 is 0 Å². The lowest BCUT2D eigenvalue weighted by Gasteiger charge is -2.08. The lowest BCUT2D eigenvalue weighted by molar-refractivity contribution is -0.165. The molecule has 0 aliphatic heterocycles. The van der Waals surface area contributed by atoms with Gasteiger partial charge in [-0.05, 0) is 25.7 Å². The number of aliphatic hydroxyl groups is 1. The summed E-state index contributed by atoms with van der Waals surface area (Å²) < 4.78 is 25.6. The van der Waals surface area contributed by atoms with Gasteiger partial charge >= 0.3 is 11.9 Å². The quantitative estimate of drug-likeness (QED) is 0.248. The van der Waals surface area contributed by atoms with Crippen LogP contribution in [-0.4, -0.2) is 28.2 Å². The van der Waals surface area contributed by atoms with Crippen molar-refractivity contribution in [2.45, 2.75) is 70.3 Å². The molecule has 0 heterocycles. The SMILES string of the molecule is CCCCCC(O)C=CC=CCC=CCC=CCCC(F)(F)C(=O)O. The number of aliphatic carboxylic acids is 1. The molecule has 142 valence electrons. The number of hydrogen-bond donors (Lipinski definition) is 2. The van der Waals surface area contributed by atoms with Gasteiger partial charge in [-0.2, -0.15) is 8.78 Å². The van der Waals surface area contributed by atoms with Gasteiger partial charge in [-0.1, -0.05) is 74.8 Å². The number of carboxylic acids is 1. The summed E-state index contributed by atoms with van der Waals surface area (Å²) in [4.78, 5) is 10.2. The fraction of sp³-hybridized carbons (Fsp3) is 0.550. The van der Waals surface area contributed by atoms with Crippen LogP contribution in [0.25, 0.3) is 0 Å². The number of alkyl halides is 2. The van der Waals surface area contributed by atoms with Crippen molar-refractivity contribution in [2.75, 3.05) is 0 Å². The van der Waals surface area contributed by atoms with Gasteiger partial charge in [0.2, 0.25) is 0 Å². The molecule has 0 bridgehead atoms. The van der Waals surface area contributed by atoms with Gasteiger partial charge in [0.05, 0.1) is 6.10 Å². The Balaban J connectivity index is 3.75. The van der Waals surface area contributed by atoms with Crippen LogP contribution in [0.15, 0.2) is 48.6 Å². The molecule has 2 N–H and O–H groups in total. The topological polar surface area (TPSA) is 57.5 Å². The van der Waals surface area contributed by atoms with E-state index >= 15 is 0 Å². The van der Waals surface area contributed by atoms with Crippen LogP contribution in [0.4, 0.5) is 8.78 Å². The van der Waals surface area contributed by atoms with E-state index in [1.165, 1.54) is 0 Å². The summed E-state index contributed by atoms with van der Waals surface area (Å²) in [5.41, 5.74) is 0. The number of halogens is 2. The van der Waals surface area contributed by atoms with E-state index in [4.69, 9.17) is 5.11 Å². The van der Waals surface area contributed by atoms with Crippen molar-refractivity contribution in [1.82, 2.24) is 0 Å². The third-order valence-corrected chi connectivity index (χ3v) is 3.50. The number of carbonyl (C=O) groups is 1. The van der Waals surface area contributed by atoms with E-state index in [9.17, 15) is 18.7 Å². The van der Waals surface area contributed by atoms with Gasteiger partial charge in [-0.3, -0.25) is 0 Å². The average molecular weight is 356 g/mol. The van der Waals surface area contributed by atoms with Crippen LogP contribution in [0.5, 0.6) is 0 Å². The molecule has 0 radical (unpaired) electrons. The predicted octanol–water partition coefficient (Wildman–Crippen LogP) is 5.43. The maximum atomic E-state index is 12.8. The minimum Gasteiger partial charge on any atom is -0.477 e. The average Bonchev–Trinajstić information content (AvgIpc) is 2.55. The molecule has 3 nitrogen and oxygen atoms in total. The van der Waals surface area contributed by atoms with Gasteiger partial charge < -0.3 is 10.2 Å². The summed E-state index contributed by atoms with van der Waals surface area (Å²) in [6.45, 7) is 2.13. The number of allylic oxidation sites excluding steroid dienone is 7. The maximum Gasteiger partial charge on any atom is 0.374 e. The molecule has 0 aliphatic carbocycles. The number of hydrogen-bond acceptors (Lipinski definition) is 2. The Kier molecular flexibility index (Phi) is 13.6. The number of rotatable bonds is 14. The monoisotopic (exact) mass is 356 g/mol. The second-order valence-electron chi connectivity index (χ2n) is 5.84. The fourth-order valence-corrected chi connectivity index (χ4v) is 1.98. The summed E-state index contributed by atoms with van der Waals surface area (Å²) in [5.74, 6) is -5.72. The zero-order valence-corrected chi connectivity index (χ0v) is 14.9. The Hall–Kier alpha value is -1.75. The fourth-order valence-electron chi connectivity index (χ4n) is 1.98. The van der Waals surface area contributed by atoms with Crippen molar-refractivity contribution in [3.63, 3.8) is 0 Å². The first-order valence-electron chi connectivity index (χ1n) is 8.82. The Morgan fingerprint density at radius 3 is 2.32 bits per heavy atom. The smallest absolute Gasteiger partial charge is 0.374 e.